The summed E-state index contributed by atoms with van der Waals surface area (Å²) in [6.45, 7) is 0. The van der Waals surface area contributed by atoms with Gasteiger partial charge >= 0.3 is 0 Å². The van der Waals surface area contributed by atoms with E-state index in [1.54, 1.807) is 12.1 Å². The van der Waals surface area contributed by atoms with Gasteiger partial charge in [0.15, 0.2) is 0 Å². The minimum absolute atomic E-state index is 0.256. The van der Waals surface area contributed by atoms with E-state index in [1.807, 2.05) is 30.3 Å². The third-order valence-electron chi connectivity index (χ3n) is 2.11. The number of hydrogen-bond acceptors (Lipinski definition) is 1. The van der Waals surface area contributed by atoms with Crippen LogP contribution in [0.25, 0.3) is 11.1 Å². The Morgan fingerprint density at radius 3 is 2.27 bits per heavy atom. The van der Waals surface area contributed by atoms with E-state index in [2.05, 4.69) is 15.9 Å². The van der Waals surface area contributed by atoms with Crippen molar-refractivity contribution in [3.05, 3.63) is 52.0 Å². The highest BCUT2D eigenvalue weighted by Crippen LogP contribution is 2.31. The van der Waals surface area contributed by atoms with Crippen LogP contribution >= 0.6 is 27.5 Å². The van der Waals surface area contributed by atoms with Crippen LogP contribution in [0, 0.1) is 0 Å². The zero-order chi connectivity index (χ0) is 10.8. The molecule has 0 saturated carbocycles. The summed E-state index contributed by atoms with van der Waals surface area (Å²) in [7, 11) is 0. The normalized spacial score (nSPS) is 10.3. The lowest BCUT2D eigenvalue weighted by molar-refractivity contribution is 0.475. The Morgan fingerprint density at radius 2 is 1.67 bits per heavy atom. The van der Waals surface area contributed by atoms with Crippen molar-refractivity contribution < 1.29 is 5.11 Å². The number of aromatic hydroxyl groups is 1. The van der Waals surface area contributed by atoms with Gasteiger partial charge in [0, 0.05) is 15.1 Å². The lowest BCUT2D eigenvalue weighted by Gasteiger charge is -2.04. The molecule has 0 amide bonds. The molecule has 0 bridgehead atoms. The van der Waals surface area contributed by atoms with E-state index < -0.39 is 0 Å². The minimum Gasteiger partial charge on any atom is -0.508 e. The van der Waals surface area contributed by atoms with Crippen LogP contribution in [0.2, 0.25) is 5.02 Å². The van der Waals surface area contributed by atoms with E-state index >= 15 is 0 Å². The second-order valence-corrected chi connectivity index (χ2v) is 4.49. The van der Waals surface area contributed by atoms with E-state index in [1.165, 1.54) is 0 Å². The van der Waals surface area contributed by atoms with Crippen molar-refractivity contribution in [2.24, 2.45) is 0 Å². The third-order valence-corrected chi connectivity index (χ3v) is 2.92. The summed E-state index contributed by atoms with van der Waals surface area (Å²) in [6, 6.07) is 12.7. The number of hydrogen-bond donors (Lipinski definition) is 1. The molecule has 0 saturated heterocycles. The molecule has 0 aliphatic heterocycles. The van der Waals surface area contributed by atoms with Gasteiger partial charge in [-0.3, -0.25) is 0 Å². The van der Waals surface area contributed by atoms with Crippen molar-refractivity contribution in [3.8, 4) is 16.9 Å². The number of halogens is 2. The van der Waals surface area contributed by atoms with Gasteiger partial charge in [0.2, 0.25) is 0 Å². The summed E-state index contributed by atoms with van der Waals surface area (Å²) in [5, 5.41) is 9.87. The minimum atomic E-state index is 0.256. The molecule has 0 spiro atoms. The van der Waals surface area contributed by atoms with Crippen LogP contribution in [0.5, 0.6) is 5.75 Å². The Labute approximate surface area is 101 Å². The van der Waals surface area contributed by atoms with Gasteiger partial charge in [-0.2, -0.15) is 0 Å². The molecule has 2 aromatic carbocycles. The summed E-state index contributed by atoms with van der Waals surface area (Å²) < 4.78 is 0.954. The number of phenols is 1. The Morgan fingerprint density at radius 1 is 1.00 bits per heavy atom. The van der Waals surface area contributed by atoms with Crippen molar-refractivity contribution in [2.45, 2.75) is 0 Å². The number of benzene rings is 2. The van der Waals surface area contributed by atoms with Crippen molar-refractivity contribution >= 4 is 27.5 Å². The lowest BCUT2D eigenvalue weighted by atomic mass is 10.1. The average Bonchev–Trinajstić information content (AvgIpc) is 2.20. The maximum Gasteiger partial charge on any atom is 0.115 e. The predicted molar refractivity (Wildman–Crippen MR) is 66.3 cm³/mol. The third kappa shape index (κ3) is 2.33. The van der Waals surface area contributed by atoms with Crippen LogP contribution in [-0.2, 0) is 0 Å². The quantitative estimate of drug-likeness (QED) is 0.818. The molecular weight excluding hydrogens is 275 g/mol. The van der Waals surface area contributed by atoms with Gasteiger partial charge in [-0.05, 0) is 29.8 Å². The molecule has 2 aromatic rings. The van der Waals surface area contributed by atoms with E-state index in [0.717, 1.165) is 15.6 Å². The van der Waals surface area contributed by atoms with Gasteiger partial charge in [0.05, 0.1) is 0 Å². The summed E-state index contributed by atoms with van der Waals surface area (Å²) in [5.74, 6) is 0.256. The van der Waals surface area contributed by atoms with Crippen LogP contribution in [0.4, 0.5) is 0 Å². The first-order chi connectivity index (χ1) is 7.16. The predicted octanol–water partition coefficient (Wildman–Crippen LogP) is 4.48. The zero-order valence-corrected chi connectivity index (χ0v) is 10.1. The summed E-state index contributed by atoms with van der Waals surface area (Å²) in [6.07, 6.45) is 0. The van der Waals surface area contributed by atoms with Crippen LogP contribution in [0.15, 0.2) is 46.9 Å². The van der Waals surface area contributed by atoms with E-state index in [-0.39, 0.29) is 5.75 Å². The largest absolute Gasteiger partial charge is 0.508 e. The highest BCUT2D eigenvalue weighted by molar-refractivity contribution is 9.10. The Hall–Kier alpha value is -0.990. The zero-order valence-electron chi connectivity index (χ0n) is 7.74. The molecule has 3 heteroatoms. The summed E-state index contributed by atoms with van der Waals surface area (Å²) in [4.78, 5) is 0. The molecule has 0 radical (unpaired) electrons. The van der Waals surface area contributed by atoms with Gasteiger partial charge < -0.3 is 5.11 Å². The van der Waals surface area contributed by atoms with Crippen LogP contribution in [0.1, 0.15) is 0 Å². The highest BCUT2D eigenvalue weighted by atomic mass is 79.9. The Balaban J connectivity index is 2.49. The first kappa shape index (κ1) is 10.5. The van der Waals surface area contributed by atoms with E-state index in [0.29, 0.717) is 5.02 Å². The fourth-order valence-electron chi connectivity index (χ4n) is 1.36. The summed E-state index contributed by atoms with van der Waals surface area (Å²) in [5.41, 5.74) is 1.95. The van der Waals surface area contributed by atoms with E-state index in [9.17, 15) is 5.11 Å². The number of rotatable bonds is 1. The smallest absolute Gasteiger partial charge is 0.115 e. The molecule has 0 atom stereocenters. The first-order valence-electron chi connectivity index (χ1n) is 4.41. The van der Waals surface area contributed by atoms with Gasteiger partial charge in [0.1, 0.15) is 5.75 Å². The fraction of sp³-hybridized carbons (Fsp3) is 0. The average molecular weight is 284 g/mol. The van der Waals surface area contributed by atoms with E-state index in [4.69, 9.17) is 11.6 Å². The van der Waals surface area contributed by atoms with Crippen molar-refractivity contribution in [1.82, 2.24) is 0 Å². The van der Waals surface area contributed by atoms with Crippen LogP contribution < -0.4 is 0 Å². The van der Waals surface area contributed by atoms with Gasteiger partial charge in [-0.1, -0.05) is 45.7 Å². The highest BCUT2D eigenvalue weighted by Gasteiger charge is 2.03. The number of phenolic OH excluding ortho intramolecular Hbond substituents is 1. The molecule has 0 heterocycles. The Kier molecular flexibility index (Phi) is 2.98. The molecule has 0 unspecified atom stereocenters. The molecule has 2 rings (SSSR count). The van der Waals surface area contributed by atoms with Crippen molar-refractivity contribution in [2.75, 3.05) is 0 Å². The molecule has 1 N–H and O–H groups in total. The molecule has 15 heavy (non-hydrogen) atoms. The molecule has 76 valence electrons. The van der Waals surface area contributed by atoms with Crippen LogP contribution in [0.3, 0.4) is 0 Å². The second-order valence-electron chi connectivity index (χ2n) is 3.17. The monoisotopic (exact) mass is 282 g/mol. The Bertz CT molecular complexity index is 479. The molecule has 0 fully saturated rings. The molecular formula is C12H8BrClO. The SMILES string of the molecule is Oc1ccc(-c2ccc(Br)cc2Cl)cc1. The van der Waals surface area contributed by atoms with Gasteiger partial charge in [-0.25, -0.2) is 0 Å². The van der Waals surface area contributed by atoms with Gasteiger partial charge in [-0.15, -0.1) is 0 Å². The standard InChI is InChI=1S/C12H8BrClO/c13-9-3-6-11(12(14)7-9)8-1-4-10(15)5-2-8/h1-7,15H. The summed E-state index contributed by atoms with van der Waals surface area (Å²) >= 11 is 9.47. The maximum absolute atomic E-state index is 9.18. The lowest BCUT2D eigenvalue weighted by Crippen LogP contribution is -1.79. The maximum atomic E-state index is 9.18. The topological polar surface area (TPSA) is 20.2 Å². The van der Waals surface area contributed by atoms with Crippen molar-refractivity contribution in [1.29, 1.82) is 0 Å². The molecule has 0 aromatic heterocycles. The second kappa shape index (κ2) is 4.25. The molecule has 0 aliphatic carbocycles. The first-order valence-corrected chi connectivity index (χ1v) is 5.58. The molecule has 1 nitrogen and oxygen atoms in total. The fourth-order valence-corrected chi connectivity index (χ4v) is 2.15. The van der Waals surface area contributed by atoms with Crippen molar-refractivity contribution in [3.63, 3.8) is 0 Å². The van der Waals surface area contributed by atoms with Gasteiger partial charge in [0.25, 0.3) is 0 Å². The van der Waals surface area contributed by atoms with Crippen LogP contribution in [-0.4, -0.2) is 5.11 Å². The molecule has 0 aliphatic rings.